The SMILES string of the molecule is CCN1CC2(CCN(C[C@]3(c4cccc(F)c4)CCOC3)CC2)OC1=O. The molecule has 1 spiro atoms. The minimum Gasteiger partial charge on any atom is -0.441 e. The molecule has 0 unspecified atom stereocenters. The van der Waals surface area contributed by atoms with Gasteiger partial charge in [-0.3, -0.25) is 0 Å². The van der Waals surface area contributed by atoms with E-state index in [-0.39, 0.29) is 22.9 Å². The zero-order valence-corrected chi connectivity index (χ0v) is 15.4. The maximum absolute atomic E-state index is 13.8. The summed E-state index contributed by atoms with van der Waals surface area (Å²) in [5.41, 5.74) is 0.565. The molecule has 3 aliphatic heterocycles. The topological polar surface area (TPSA) is 42.0 Å². The van der Waals surface area contributed by atoms with E-state index < -0.39 is 0 Å². The second-order valence-electron chi connectivity index (χ2n) is 7.93. The number of ether oxygens (including phenoxy) is 2. The predicted octanol–water partition coefficient (Wildman–Crippen LogP) is 2.79. The van der Waals surface area contributed by atoms with Crippen molar-refractivity contribution in [1.82, 2.24) is 9.80 Å². The molecule has 0 aliphatic carbocycles. The molecule has 0 radical (unpaired) electrons. The molecule has 3 saturated heterocycles. The van der Waals surface area contributed by atoms with Gasteiger partial charge in [-0.1, -0.05) is 12.1 Å². The minimum absolute atomic E-state index is 0.144. The number of amides is 1. The summed E-state index contributed by atoms with van der Waals surface area (Å²) in [6.45, 7) is 7.38. The van der Waals surface area contributed by atoms with Gasteiger partial charge in [-0.2, -0.15) is 0 Å². The van der Waals surface area contributed by atoms with Crippen molar-refractivity contribution in [2.24, 2.45) is 0 Å². The number of carbonyl (C=O) groups excluding carboxylic acids is 1. The van der Waals surface area contributed by atoms with E-state index in [9.17, 15) is 9.18 Å². The lowest BCUT2D eigenvalue weighted by Crippen LogP contribution is -2.51. The maximum Gasteiger partial charge on any atom is 0.410 e. The molecule has 0 aromatic heterocycles. The van der Waals surface area contributed by atoms with Crippen LogP contribution < -0.4 is 0 Å². The quantitative estimate of drug-likeness (QED) is 0.826. The van der Waals surface area contributed by atoms with Gasteiger partial charge in [0.2, 0.25) is 0 Å². The molecular formula is C20H27FN2O3. The fraction of sp³-hybridized carbons (Fsp3) is 0.650. The zero-order valence-electron chi connectivity index (χ0n) is 15.4. The molecule has 1 amide bonds. The van der Waals surface area contributed by atoms with Crippen LogP contribution in [0.25, 0.3) is 0 Å². The van der Waals surface area contributed by atoms with Crippen LogP contribution in [0.1, 0.15) is 31.7 Å². The molecular weight excluding hydrogens is 335 g/mol. The molecule has 1 aromatic rings. The maximum atomic E-state index is 13.8. The Morgan fingerprint density at radius 3 is 2.65 bits per heavy atom. The monoisotopic (exact) mass is 362 g/mol. The van der Waals surface area contributed by atoms with Gasteiger partial charge < -0.3 is 19.3 Å². The Hall–Kier alpha value is -1.66. The smallest absolute Gasteiger partial charge is 0.410 e. The van der Waals surface area contributed by atoms with Gasteiger partial charge in [0, 0.05) is 51.0 Å². The van der Waals surface area contributed by atoms with E-state index in [4.69, 9.17) is 9.47 Å². The van der Waals surface area contributed by atoms with Gasteiger partial charge in [0.1, 0.15) is 11.4 Å². The lowest BCUT2D eigenvalue weighted by atomic mass is 9.78. The van der Waals surface area contributed by atoms with Crippen LogP contribution in [0.5, 0.6) is 0 Å². The van der Waals surface area contributed by atoms with E-state index in [2.05, 4.69) is 4.90 Å². The fourth-order valence-electron chi connectivity index (χ4n) is 4.61. The van der Waals surface area contributed by atoms with Crippen LogP contribution in [-0.2, 0) is 14.9 Å². The highest BCUT2D eigenvalue weighted by Crippen LogP contribution is 2.38. The van der Waals surface area contributed by atoms with E-state index in [0.29, 0.717) is 19.7 Å². The summed E-state index contributed by atoms with van der Waals surface area (Å²) in [5, 5.41) is 0. The first kappa shape index (κ1) is 17.7. The van der Waals surface area contributed by atoms with Gasteiger partial charge in [0.05, 0.1) is 13.2 Å². The molecule has 0 saturated carbocycles. The Bertz CT molecular complexity index is 667. The molecule has 3 heterocycles. The van der Waals surface area contributed by atoms with Gasteiger partial charge in [0.25, 0.3) is 0 Å². The fourth-order valence-corrected chi connectivity index (χ4v) is 4.61. The highest BCUT2D eigenvalue weighted by atomic mass is 19.1. The van der Waals surface area contributed by atoms with Crippen LogP contribution in [0, 0.1) is 5.82 Å². The van der Waals surface area contributed by atoms with Crippen molar-refractivity contribution in [2.45, 2.75) is 37.2 Å². The molecule has 5 nitrogen and oxygen atoms in total. The largest absolute Gasteiger partial charge is 0.441 e. The molecule has 1 atom stereocenters. The van der Waals surface area contributed by atoms with Crippen molar-refractivity contribution in [2.75, 3.05) is 45.9 Å². The number of carbonyl (C=O) groups is 1. The first-order chi connectivity index (χ1) is 12.5. The van der Waals surface area contributed by atoms with Crippen molar-refractivity contribution >= 4 is 6.09 Å². The summed E-state index contributed by atoms with van der Waals surface area (Å²) < 4.78 is 25.2. The van der Waals surface area contributed by atoms with Crippen LogP contribution in [0.2, 0.25) is 0 Å². The number of hydrogen-bond acceptors (Lipinski definition) is 4. The van der Waals surface area contributed by atoms with Gasteiger partial charge in [-0.25, -0.2) is 9.18 Å². The number of halogens is 1. The van der Waals surface area contributed by atoms with Crippen LogP contribution in [0.4, 0.5) is 9.18 Å². The molecule has 1 aromatic carbocycles. The summed E-state index contributed by atoms with van der Waals surface area (Å²) in [7, 11) is 0. The Morgan fingerprint density at radius 2 is 2.04 bits per heavy atom. The summed E-state index contributed by atoms with van der Waals surface area (Å²) in [6, 6.07) is 6.94. The third kappa shape index (κ3) is 3.21. The first-order valence-corrected chi connectivity index (χ1v) is 9.58. The molecule has 142 valence electrons. The number of likely N-dealkylation sites (N-methyl/N-ethyl adjacent to an activating group) is 1. The summed E-state index contributed by atoms with van der Waals surface area (Å²) >= 11 is 0. The van der Waals surface area contributed by atoms with Crippen LogP contribution in [-0.4, -0.2) is 67.4 Å². The van der Waals surface area contributed by atoms with E-state index in [1.54, 1.807) is 17.0 Å². The third-order valence-corrected chi connectivity index (χ3v) is 6.26. The van der Waals surface area contributed by atoms with Gasteiger partial charge in [-0.15, -0.1) is 0 Å². The van der Waals surface area contributed by atoms with Crippen molar-refractivity contribution in [3.63, 3.8) is 0 Å². The van der Waals surface area contributed by atoms with Gasteiger partial charge in [0.15, 0.2) is 0 Å². The summed E-state index contributed by atoms with van der Waals surface area (Å²) in [5.74, 6) is -0.191. The predicted molar refractivity (Wildman–Crippen MR) is 95.6 cm³/mol. The highest BCUT2D eigenvalue weighted by molar-refractivity contribution is 5.70. The minimum atomic E-state index is -0.318. The van der Waals surface area contributed by atoms with Crippen molar-refractivity contribution < 1.29 is 18.7 Å². The zero-order chi connectivity index (χ0) is 18.2. The Labute approximate surface area is 154 Å². The molecule has 3 aliphatic rings. The number of likely N-dealkylation sites (tertiary alicyclic amines) is 1. The van der Waals surface area contributed by atoms with Crippen molar-refractivity contribution in [3.05, 3.63) is 35.6 Å². The molecule has 26 heavy (non-hydrogen) atoms. The van der Waals surface area contributed by atoms with E-state index in [1.165, 1.54) is 6.07 Å². The van der Waals surface area contributed by atoms with Gasteiger partial charge >= 0.3 is 6.09 Å². The molecule has 6 heteroatoms. The average Bonchev–Trinajstić information content (AvgIpc) is 3.23. The number of piperidine rings is 1. The van der Waals surface area contributed by atoms with Crippen LogP contribution >= 0.6 is 0 Å². The van der Waals surface area contributed by atoms with E-state index in [0.717, 1.165) is 51.1 Å². The molecule has 0 bridgehead atoms. The first-order valence-electron chi connectivity index (χ1n) is 9.58. The highest BCUT2D eigenvalue weighted by Gasteiger charge is 2.47. The number of nitrogens with zero attached hydrogens (tertiary/aromatic N) is 2. The second kappa shape index (κ2) is 6.82. The van der Waals surface area contributed by atoms with E-state index >= 15 is 0 Å². The number of hydrogen-bond donors (Lipinski definition) is 0. The Balaban J connectivity index is 1.44. The summed E-state index contributed by atoms with van der Waals surface area (Å²) in [4.78, 5) is 16.2. The second-order valence-corrected chi connectivity index (χ2v) is 7.93. The molecule has 3 fully saturated rings. The standard InChI is InChI=1S/C20H27FN2O3/c1-2-23-14-20(26-18(23)24)6-9-22(10-7-20)13-19(8-11-25-15-19)16-4-3-5-17(21)12-16/h3-5,12H,2,6-11,13-15H2,1H3/t19-/m1/s1. The Morgan fingerprint density at radius 1 is 1.23 bits per heavy atom. The lowest BCUT2D eigenvalue weighted by Gasteiger charge is -2.41. The number of rotatable bonds is 4. The van der Waals surface area contributed by atoms with E-state index in [1.807, 2.05) is 13.0 Å². The van der Waals surface area contributed by atoms with Crippen LogP contribution in [0.15, 0.2) is 24.3 Å². The van der Waals surface area contributed by atoms with Crippen molar-refractivity contribution in [3.8, 4) is 0 Å². The average molecular weight is 362 g/mol. The Kier molecular flexibility index (Phi) is 4.65. The summed E-state index contributed by atoms with van der Waals surface area (Å²) in [6.07, 6.45) is 2.45. The lowest BCUT2D eigenvalue weighted by molar-refractivity contribution is -0.00505. The van der Waals surface area contributed by atoms with Crippen molar-refractivity contribution in [1.29, 1.82) is 0 Å². The molecule has 0 N–H and O–H groups in total. The third-order valence-electron chi connectivity index (χ3n) is 6.26. The van der Waals surface area contributed by atoms with Crippen LogP contribution in [0.3, 0.4) is 0 Å². The number of benzene rings is 1. The van der Waals surface area contributed by atoms with Gasteiger partial charge in [-0.05, 0) is 31.0 Å². The normalized spacial score (nSPS) is 28.7. The molecule has 4 rings (SSSR count).